The lowest BCUT2D eigenvalue weighted by molar-refractivity contribution is 0.340. The Bertz CT molecular complexity index is 954. The largest absolute Gasteiger partial charge is 0.494 e. The van der Waals surface area contributed by atoms with Gasteiger partial charge in [0.1, 0.15) is 16.4 Å². The summed E-state index contributed by atoms with van der Waals surface area (Å²) in [6, 6.07) is 7.65. The van der Waals surface area contributed by atoms with Gasteiger partial charge in [0.2, 0.25) is 0 Å². The Morgan fingerprint density at radius 1 is 1.21 bits per heavy atom. The smallest absolute Gasteiger partial charge is 0.267 e. The third-order valence-electron chi connectivity index (χ3n) is 4.56. The molecule has 0 unspecified atom stereocenters. The highest BCUT2D eigenvalue weighted by atomic mass is 32.1. The van der Waals surface area contributed by atoms with E-state index in [1.807, 2.05) is 38.1 Å². The monoisotopic (exact) mass is 340 g/mol. The molecule has 0 bridgehead atoms. The first kappa shape index (κ1) is 15.4. The molecule has 0 amide bonds. The van der Waals surface area contributed by atoms with Crippen molar-refractivity contribution in [2.24, 2.45) is 0 Å². The minimum Gasteiger partial charge on any atom is -0.494 e. The SMILES string of the molecule is CCOc1ccc(-n2c(C)nc3sc4c(c3c2=O)CCCC4)cc1. The first-order valence-electron chi connectivity index (χ1n) is 8.46. The molecule has 1 aliphatic carbocycles. The molecule has 3 aromatic rings. The number of hydrogen-bond donors (Lipinski definition) is 0. The third kappa shape index (κ3) is 2.44. The van der Waals surface area contributed by atoms with Crippen LogP contribution >= 0.6 is 11.3 Å². The van der Waals surface area contributed by atoms with Gasteiger partial charge in [-0.3, -0.25) is 9.36 Å². The van der Waals surface area contributed by atoms with Crippen LogP contribution < -0.4 is 10.3 Å². The lowest BCUT2D eigenvalue weighted by Gasteiger charge is -2.12. The molecule has 4 nitrogen and oxygen atoms in total. The minimum atomic E-state index is 0.0565. The fourth-order valence-electron chi connectivity index (χ4n) is 3.47. The highest BCUT2D eigenvalue weighted by Gasteiger charge is 2.21. The highest BCUT2D eigenvalue weighted by Crippen LogP contribution is 2.34. The number of hydrogen-bond acceptors (Lipinski definition) is 4. The summed E-state index contributed by atoms with van der Waals surface area (Å²) in [5, 5.41) is 0.828. The maximum absolute atomic E-state index is 13.2. The minimum absolute atomic E-state index is 0.0565. The van der Waals surface area contributed by atoms with E-state index in [0.717, 1.165) is 46.7 Å². The Morgan fingerprint density at radius 2 is 1.96 bits per heavy atom. The zero-order valence-corrected chi connectivity index (χ0v) is 14.8. The first-order chi connectivity index (χ1) is 11.7. The van der Waals surface area contributed by atoms with E-state index in [2.05, 4.69) is 0 Å². The third-order valence-corrected chi connectivity index (χ3v) is 5.75. The predicted molar refractivity (Wildman–Crippen MR) is 97.8 cm³/mol. The average molecular weight is 340 g/mol. The summed E-state index contributed by atoms with van der Waals surface area (Å²) in [6.45, 7) is 4.49. The van der Waals surface area contributed by atoms with Crippen molar-refractivity contribution in [3.8, 4) is 11.4 Å². The van der Waals surface area contributed by atoms with E-state index in [0.29, 0.717) is 6.61 Å². The summed E-state index contributed by atoms with van der Waals surface area (Å²) in [5.41, 5.74) is 2.13. The molecule has 0 saturated heterocycles. The molecule has 0 aliphatic heterocycles. The van der Waals surface area contributed by atoms with Crippen LogP contribution in [0.15, 0.2) is 29.1 Å². The zero-order chi connectivity index (χ0) is 16.7. The van der Waals surface area contributed by atoms with Gasteiger partial charge in [0.25, 0.3) is 5.56 Å². The molecule has 2 aromatic heterocycles. The molecular weight excluding hydrogens is 320 g/mol. The maximum Gasteiger partial charge on any atom is 0.267 e. The molecule has 24 heavy (non-hydrogen) atoms. The lowest BCUT2D eigenvalue weighted by Crippen LogP contribution is -2.22. The van der Waals surface area contributed by atoms with Crippen LogP contribution in [0.3, 0.4) is 0 Å². The quantitative estimate of drug-likeness (QED) is 0.723. The average Bonchev–Trinajstić information content (AvgIpc) is 2.95. The van der Waals surface area contributed by atoms with Gasteiger partial charge >= 0.3 is 0 Å². The van der Waals surface area contributed by atoms with E-state index < -0.39 is 0 Å². The van der Waals surface area contributed by atoms with E-state index in [4.69, 9.17) is 9.72 Å². The summed E-state index contributed by atoms with van der Waals surface area (Å²) >= 11 is 1.70. The van der Waals surface area contributed by atoms with Crippen LogP contribution in [-0.4, -0.2) is 16.2 Å². The summed E-state index contributed by atoms with van der Waals surface area (Å²) < 4.78 is 7.21. The number of aromatic nitrogens is 2. The Labute approximate surface area is 144 Å². The molecule has 5 heteroatoms. The number of nitrogens with zero attached hydrogens (tertiary/aromatic N) is 2. The molecule has 0 fully saturated rings. The van der Waals surface area contributed by atoms with Gasteiger partial charge in [-0.15, -0.1) is 11.3 Å². The number of benzene rings is 1. The highest BCUT2D eigenvalue weighted by molar-refractivity contribution is 7.18. The van der Waals surface area contributed by atoms with E-state index in [1.165, 1.54) is 16.9 Å². The summed E-state index contributed by atoms with van der Waals surface area (Å²) in [7, 11) is 0. The molecule has 0 N–H and O–H groups in total. The van der Waals surface area contributed by atoms with Crippen LogP contribution in [0.5, 0.6) is 5.75 Å². The first-order valence-corrected chi connectivity index (χ1v) is 9.28. The molecule has 4 rings (SSSR count). The molecule has 1 aliphatic rings. The Balaban J connectivity index is 1.90. The second kappa shape index (κ2) is 6.06. The van der Waals surface area contributed by atoms with Crippen molar-refractivity contribution < 1.29 is 4.74 Å². The predicted octanol–water partition coefficient (Wildman–Crippen LogP) is 4.03. The number of fused-ring (bicyclic) bond motifs is 3. The Hall–Kier alpha value is -2.14. The Kier molecular flexibility index (Phi) is 3.88. The van der Waals surface area contributed by atoms with Gasteiger partial charge in [0.05, 0.1) is 17.7 Å². The molecule has 1 aromatic carbocycles. The fraction of sp³-hybridized carbons (Fsp3) is 0.368. The number of aryl methyl sites for hydroxylation is 3. The van der Waals surface area contributed by atoms with E-state index in [-0.39, 0.29) is 5.56 Å². The van der Waals surface area contributed by atoms with Crippen molar-refractivity contribution in [1.29, 1.82) is 0 Å². The number of thiophene rings is 1. The van der Waals surface area contributed by atoms with Crippen LogP contribution in [0.25, 0.3) is 15.9 Å². The van der Waals surface area contributed by atoms with Crippen LogP contribution in [-0.2, 0) is 12.8 Å². The van der Waals surface area contributed by atoms with Gasteiger partial charge in [0, 0.05) is 4.88 Å². The zero-order valence-electron chi connectivity index (χ0n) is 14.0. The van der Waals surface area contributed by atoms with Crippen molar-refractivity contribution >= 4 is 21.6 Å². The summed E-state index contributed by atoms with van der Waals surface area (Å²) in [6.07, 6.45) is 4.46. The van der Waals surface area contributed by atoms with E-state index in [1.54, 1.807) is 15.9 Å². The fourth-order valence-corrected chi connectivity index (χ4v) is 4.77. The van der Waals surface area contributed by atoms with Gasteiger partial charge < -0.3 is 4.74 Å². The van der Waals surface area contributed by atoms with E-state index in [9.17, 15) is 4.79 Å². The topological polar surface area (TPSA) is 44.1 Å². The lowest BCUT2D eigenvalue weighted by atomic mass is 9.97. The van der Waals surface area contributed by atoms with Gasteiger partial charge in [-0.2, -0.15) is 0 Å². The van der Waals surface area contributed by atoms with Gasteiger partial charge in [-0.05, 0) is 69.4 Å². The number of rotatable bonds is 3. The van der Waals surface area contributed by atoms with Crippen LogP contribution in [0.4, 0.5) is 0 Å². The van der Waals surface area contributed by atoms with Crippen LogP contribution in [0.2, 0.25) is 0 Å². The molecule has 0 atom stereocenters. The molecular formula is C19H20N2O2S. The van der Waals surface area contributed by atoms with Crippen molar-refractivity contribution in [3.05, 3.63) is 50.9 Å². The van der Waals surface area contributed by atoms with Crippen molar-refractivity contribution in [2.75, 3.05) is 6.61 Å². The molecule has 0 radical (unpaired) electrons. The maximum atomic E-state index is 13.2. The van der Waals surface area contributed by atoms with Crippen molar-refractivity contribution in [3.63, 3.8) is 0 Å². The summed E-state index contributed by atoms with van der Waals surface area (Å²) in [5.74, 6) is 1.55. The molecule has 124 valence electrons. The van der Waals surface area contributed by atoms with Crippen molar-refractivity contribution in [2.45, 2.75) is 39.5 Å². The van der Waals surface area contributed by atoms with Crippen molar-refractivity contribution in [1.82, 2.24) is 9.55 Å². The normalized spacial score (nSPS) is 13.9. The van der Waals surface area contributed by atoms with Crippen LogP contribution in [0, 0.1) is 6.92 Å². The molecule has 0 saturated carbocycles. The second-order valence-electron chi connectivity index (χ2n) is 6.12. The summed E-state index contributed by atoms with van der Waals surface area (Å²) in [4.78, 5) is 20.2. The Morgan fingerprint density at radius 3 is 2.71 bits per heavy atom. The molecule has 0 spiro atoms. The van der Waals surface area contributed by atoms with Gasteiger partial charge in [0.15, 0.2) is 0 Å². The van der Waals surface area contributed by atoms with Gasteiger partial charge in [-0.1, -0.05) is 0 Å². The van der Waals surface area contributed by atoms with E-state index >= 15 is 0 Å². The van der Waals surface area contributed by atoms with Crippen LogP contribution in [0.1, 0.15) is 36.0 Å². The molecule has 2 heterocycles. The van der Waals surface area contributed by atoms with Gasteiger partial charge in [-0.25, -0.2) is 4.98 Å². The second-order valence-corrected chi connectivity index (χ2v) is 7.20. The standard InChI is InChI=1S/C19H20N2O2S/c1-3-23-14-10-8-13(9-11-14)21-12(2)20-18-17(19(21)22)15-6-4-5-7-16(15)24-18/h8-11H,3-7H2,1-2H3. The number of ether oxygens (including phenoxy) is 1.